The van der Waals surface area contributed by atoms with Crippen LogP contribution < -0.4 is 4.90 Å². The summed E-state index contributed by atoms with van der Waals surface area (Å²) >= 11 is 1.53. The van der Waals surface area contributed by atoms with Crippen molar-refractivity contribution in [3.8, 4) is 0 Å². The van der Waals surface area contributed by atoms with E-state index in [1.807, 2.05) is 17.9 Å². The van der Waals surface area contributed by atoms with E-state index in [1.54, 1.807) is 12.4 Å². The van der Waals surface area contributed by atoms with Crippen LogP contribution in [-0.4, -0.2) is 83.1 Å². The second-order valence-corrected chi connectivity index (χ2v) is 7.82. The first-order valence-electron chi connectivity index (χ1n) is 9.28. The van der Waals surface area contributed by atoms with Gasteiger partial charge >= 0.3 is 0 Å². The number of rotatable bonds is 4. The lowest BCUT2D eigenvalue weighted by molar-refractivity contribution is 0.0341. The number of hydrogen-bond acceptors (Lipinski definition) is 8. The molecule has 2 aromatic heterocycles. The summed E-state index contributed by atoms with van der Waals surface area (Å²) < 4.78 is 5.39. The van der Waals surface area contributed by atoms with E-state index < -0.39 is 0 Å². The summed E-state index contributed by atoms with van der Waals surface area (Å²) in [5.74, 6) is 0.818. The first-order valence-corrected chi connectivity index (χ1v) is 10.1. The molecule has 144 valence electrons. The number of aryl methyl sites for hydroxylation is 1. The highest BCUT2D eigenvalue weighted by Gasteiger charge is 2.26. The number of carbonyl (C=O) groups excluding carboxylic acids is 1. The van der Waals surface area contributed by atoms with E-state index in [0.717, 1.165) is 67.5 Å². The third-order valence-corrected chi connectivity index (χ3v) is 6.03. The molecule has 2 aromatic rings. The van der Waals surface area contributed by atoms with Gasteiger partial charge in [0.15, 0.2) is 0 Å². The van der Waals surface area contributed by atoms with Crippen molar-refractivity contribution in [2.24, 2.45) is 0 Å². The Balaban J connectivity index is 1.37. The van der Waals surface area contributed by atoms with Crippen molar-refractivity contribution in [3.05, 3.63) is 34.0 Å². The minimum atomic E-state index is 0.0897. The van der Waals surface area contributed by atoms with Crippen LogP contribution in [0, 0.1) is 6.92 Å². The molecule has 2 saturated heterocycles. The van der Waals surface area contributed by atoms with Crippen LogP contribution in [-0.2, 0) is 11.3 Å². The Morgan fingerprint density at radius 2 is 1.81 bits per heavy atom. The Bertz CT molecular complexity index is 769. The quantitative estimate of drug-likeness (QED) is 0.775. The molecule has 0 unspecified atom stereocenters. The molecule has 0 aromatic carbocycles. The largest absolute Gasteiger partial charge is 0.379 e. The molecular formula is C18H24N6O2S. The number of ether oxygens (including phenoxy) is 1. The predicted molar refractivity (Wildman–Crippen MR) is 103 cm³/mol. The van der Waals surface area contributed by atoms with Gasteiger partial charge in [0, 0.05) is 51.7 Å². The monoisotopic (exact) mass is 388 g/mol. The zero-order chi connectivity index (χ0) is 18.6. The van der Waals surface area contributed by atoms with Crippen LogP contribution in [0.4, 0.5) is 5.95 Å². The highest BCUT2D eigenvalue weighted by Crippen LogP contribution is 2.23. The van der Waals surface area contributed by atoms with Gasteiger partial charge in [0.05, 0.1) is 25.5 Å². The van der Waals surface area contributed by atoms with Gasteiger partial charge in [-0.1, -0.05) is 0 Å². The van der Waals surface area contributed by atoms with Crippen molar-refractivity contribution in [2.75, 3.05) is 57.4 Å². The van der Waals surface area contributed by atoms with E-state index in [9.17, 15) is 4.79 Å². The number of hydrogen-bond donors (Lipinski definition) is 0. The maximum Gasteiger partial charge on any atom is 0.265 e. The zero-order valence-corrected chi connectivity index (χ0v) is 16.3. The first kappa shape index (κ1) is 18.3. The summed E-state index contributed by atoms with van der Waals surface area (Å²) in [6, 6.07) is 1.81. The van der Waals surface area contributed by atoms with Gasteiger partial charge in [0.25, 0.3) is 5.91 Å². The molecule has 2 aliphatic rings. The molecule has 0 atom stereocenters. The highest BCUT2D eigenvalue weighted by atomic mass is 32.1. The van der Waals surface area contributed by atoms with E-state index >= 15 is 0 Å². The third kappa shape index (κ3) is 4.26. The number of morpholine rings is 1. The number of piperazine rings is 1. The molecule has 0 bridgehead atoms. The smallest absolute Gasteiger partial charge is 0.265 e. The number of anilines is 1. The van der Waals surface area contributed by atoms with Gasteiger partial charge < -0.3 is 14.5 Å². The Hall–Kier alpha value is -2.10. The molecule has 27 heavy (non-hydrogen) atoms. The SMILES string of the molecule is Cc1nc(CN2CCOCC2)sc1C(=O)N1CCN(c2ncccn2)CC1. The number of carbonyl (C=O) groups is 1. The van der Waals surface area contributed by atoms with Crippen molar-refractivity contribution in [1.82, 2.24) is 24.8 Å². The van der Waals surface area contributed by atoms with E-state index in [4.69, 9.17) is 4.74 Å². The fourth-order valence-corrected chi connectivity index (χ4v) is 4.45. The summed E-state index contributed by atoms with van der Waals surface area (Å²) in [5.41, 5.74) is 0.835. The van der Waals surface area contributed by atoms with Gasteiger partial charge in [-0.25, -0.2) is 15.0 Å². The fraction of sp³-hybridized carbons (Fsp3) is 0.556. The summed E-state index contributed by atoms with van der Waals surface area (Å²) in [5, 5.41) is 1.01. The van der Waals surface area contributed by atoms with Gasteiger partial charge in [-0.2, -0.15) is 0 Å². The maximum absolute atomic E-state index is 13.0. The minimum Gasteiger partial charge on any atom is -0.379 e. The van der Waals surface area contributed by atoms with E-state index in [1.165, 1.54) is 11.3 Å². The number of nitrogens with zero attached hydrogens (tertiary/aromatic N) is 6. The van der Waals surface area contributed by atoms with Crippen molar-refractivity contribution in [3.63, 3.8) is 0 Å². The maximum atomic E-state index is 13.0. The molecule has 0 aliphatic carbocycles. The van der Waals surface area contributed by atoms with Gasteiger partial charge in [0.1, 0.15) is 9.88 Å². The zero-order valence-electron chi connectivity index (χ0n) is 15.5. The standard InChI is InChI=1S/C18H24N6O2S/c1-14-16(27-15(21-14)13-22-9-11-26-12-10-22)17(25)23-5-7-24(8-6-23)18-19-3-2-4-20-18/h2-4H,5-13H2,1H3. The molecular weight excluding hydrogens is 364 g/mol. The highest BCUT2D eigenvalue weighted by molar-refractivity contribution is 7.13. The average molecular weight is 388 g/mol. The number of amides is 1. The Morgan fingerprint density at radius 3 is 2.52 bits per heavy atom. The fourth-order valence-electron chi connectivity index (χ4n) is 3.38. The van der Waals surface area contributed by atoms with Gasteiger partial charge in [-0.05, 0) is 13.0 Å². The Morgan fingerprint density at radius 1 is 1.11 bits per heavy atom. The second kappa shape index (κ2) is 8.28. The van der Waals surface area contributed by atoms with Crippen LogP contribution in [0.1, 0.15) is 20.4 Å². The van der Waals surface area contributed by atoms with Crippen LogP contribution in [0.3, 0.4) is 0 Å². The molecule has 4 heterocycles. The number of thiazole rings is 1. The summed E-state index contributed by atoms with van der Waals surface area (Å²) in [6.45, 7) is 8.94. The minimum absolute atomic E-state index is 0.0897. The van der Waals surface area contributed by atoms with Crippen LogP contribution in [0.5, 0.6) is 0 Å². The lowest BCUT2D eigenvalue weighted by Gasteiger charge is -2.34. The molecule has 0 N–H and O–H groups in total. The van der Waals surface area contributed by atoms with Gasteiger partial charge in [-0.15, -0.1) is 11.3 Å². The van der Waals surface area contributed by atoms with Crippen molar-refractivity contribution < 1.29 is 9.53 Å². The van der Waals surface area contributed by atoms with Gasteiger partial charge in [0.2, 0.25) is 5.95 Å². The van der Waals surface area contributed by atoms with E-state index in [2.05, 4.69) is 24.8 Å². The third-order valence-electron chi connectivity index (χ3n) is 4.90. The molecule has 2 fully saturated rings. The molecule has 9 heteroatoms. The molecule has 0 spiro atoms. The lowest BCUT2D eigenvalue weighted by atomic mass is 10.3. The summed E-state index contributed by atoms with van der Waals surface area (Å²) in [4.78, 5) is 33.3. The van der Waals surface area contributed by atoms with Crippen LogP contribution >= 0.6 is 11.3 Å². The lowest BCUT2D eigenvalue weighted by Crippen LogP contribution is -2.49. The average Bonchev–Trinajstić information content (AvgIpc) is 3.09. The summed E-state index contributed by atoms with van der Waals surface area (Å²) in [7, 11) is 0. The summed E-state index contributed by atoms with van der Waals surface area (Å²) in [6.07, 6.45) is 3.49. The molecule has 0 saturated carbocycles. The Kier molecular flexibility index (Phi) is 5.61. The van der Waals surface area contributed by atoms with E-state index in [0.29, 0.717) is 13.1 Å². The second-order valence-electron chi connectivity index (χ2n) is 6.74. The van der Waals surface area contributed by atoms with Crippen LogP contribution in [0.25, 0.3) is 0 Å². The number of aromatic nitrogens is 3. The van der Waals surface area contributed by atoms with Crippen molar-refractivity contribution >= 4 is 23.2 Å². The molecule has 1 amide bonds. The van der Waals surface area contributed by atoms with Crippen LogP contribution in [0.2, 0.25) is 0 Å². The van der Waals surface area contributed by atoms with Crippen molar-refractivity contribution in [2.45, 2.75) is 13.5 Å². The topological polar surface area (TPSA) is 74.7 Å². The van der Waals surface area contributed by atoms with Crippen LogP contribution in [0.15, 0.2) is 18.5 Å². The predicted octanol–water partition coefficient (Wildman–Crippen LogP) is 1.04. The van der Waals surface area contributed by atoms with Crippen molar-refractivity contribution in [1.29, 1.82) is 0 Å². The molecule has 2 aliphatic heterocycles. The molecule has 4 rings (SSSR count). The van der Waals surface area contributed by atoms with Gasteiger partial charge in [-0.3, -0.25) is 9.69 Å². The Labute approximate surface area is 162 Å². The molecule has 0 radical (unpaired) electrons. The first-order chi connectivity index (χ1) is 13.2. The molecule has 8 nitrogen and oxygen atoms in total. The van der Waals surface area contributed by atoms with E-state index in [-0.39, 0.29) is 5.91 Å². The normalized spacial score (nSPS) is 18.7.